The van der Waals surface area contributed by atoms with Crippen molar-refractivity contribution in [3.8, 4) is 0 Å². The van der Waals surface area contributed by atoms with Gasteiger partial charge in [0.25, 0.3) is 0 Å². The molecule has 1 aromatic rings. The van der Waals surface area contributed by atoms with Crippen molar-refractivity contribution >= 4 is 17.2 Å². The summed E-state index contributed by atoms with van der Waals surface area (Å²) >= 11 is 1.54. The zero-order valence-corrected chi connectivity index (χ0v) is 13.8. The van der Waals surface area contributed by atoms with E-state index >= 15 is 0 Å². The lowest BCUT2D eigenvalue weighted by Crippen LogP contribution is -2.51. The maximum atomic E-state index is 12.5. The van der Waals surface area contributed by atoms with Crippen molar-refractivity contribution in [3.05, 3.63) is 22.4 Å². The number of aliphatic hydroxyl groups is 1. The molecule has 1 amide bonds. The highest BCUT2D eigenvalue weighted by Gasteiger charge is 2.44. The molecule has 0 aromatic carbocycles. The van der Waals surface area contributed by atoms with Crippen molar-refractivity contribution in [2.75, 3.05) is 6.54 Å². The number of carbonyl (C=O) groups is 1. The van der Waals surface area contributed by atoms with Crippen LogP contribution in [0.25, 0.3) is 0 Å². The lowest BCUT2D eigenvalue weighted by atomic mass is 9.61. The first-order valence-corrected chi connectivity index (χ1v) is 8.51. The maximum absolute atomic E-state index is 12.5. The van der Waals surface area contributed by atoms with Crippen LogP contribution in [-0.2, 0) is 4.79 Å². The molecule has 2 rings (SSSR count). The van der Waals surface area contributed by atoms with Gasteiger partial charge in [0, 0.05) is 18.5 Å². The first-order chi connectivity index (χ1) is 9.84. The topological polar surface area (TPSA) is 75.4 Å². The summed E-state index contributed by atoms with van der Waals surface area (Å²) in [6.45, 7) is 6.64. The molecule has 118 valence electrons. The second kappa shape index (κ2) is 6.46. The van der Waals surface area contributed by atoms with Crippen LogP contribution in [0.4, 0.5) is 0 Å². The number of amides is 1. The highest BCUT2D eigenvalue weighted by Crippen LogP contribution is 2.44. The molecular weight excluding hydrogens is 284 g/mol. The molecule has 21 heavy (non-hydrogen) atoms. The van der Waals surface area contributed by atoms with E-state index in [1.54, 1.807) is 11.3 Å². The predicted molar refractivity (Wildman–Crippen MR) is 85.9 cm³/mol. The first-order valence-electron chi connectivity index (χ1n) is 7.57. The lowest BCUT2D eigenvalue weighted by molar-refractivity contribution is -0.133. The molecule has 1 fully saturated rings. The van der Waals surface area contributed by atoms with E-state index in [4.69, 9.17) is 5.73 Å². The van der Waals surface area contributed by atoms with Gasteiger partial charge < -0.3 is 16.2 Å². The van der Waals surface area contributed by atoms with Gasteiger partial charge >= 0.3 is 0 Å². The lowest BCUT2D eigenvalue weighted by Gasteiger charge is -2.46. The SMILES string of the molecule is CC1C(N)CCC(C(=O)NCC(O)c2ccsc2)C1(C)C. The standard InChI is InChI=1S/C16H26N2O2S/c1-10-13(17)5-4-12(16(10,2)3)15(20)18-8-14(19)11-6-7-21-9-11/h6-7,9-10,12-14,19H,4-5,8,17H2,1-3H3,(H,18,20). The Balaban J connectivity index is 1.94. The molecule has 1 aliphatic carbocycles. The van der Waals surface area contributed by atoms with Crippen LogP contribution in [0.3, 0.4) is 0 Å². The van der Waals surface area contributed by atoms with E-state index in [0.717, 1.165) is 18.4 Å². The first kappa shape index (κ1) is 16.5. The molecule has 1 aliphatic rings. The highest BCUT2D eigenvalue weighted by molar-refractivity contribution is 7.07. The molecule has 1 aromatic heterocycles. The number of hydrogen-bond donors (Lipinski definition) is 3. The molecule has 4 atom stereocenters. The molecule has 4 nitrogen and oxygen atoms in total. The van der Waals surface area contributed by atoms with Gasteiger partial charge in [-0.1, -0.05) is 20.8 Å². The van der Waals surface area contributed by atoms with Crippen LogP contribution in [0.5, 0.6) is 0 Å². The Labute approximate surface area is 130 Å². The van der Waals surface area contributed by atoms with Crippen molar-refractivity contribution in [2.24, 2.45) is 23.0 Å². The summed E-state index contributed by atoms with van der Waals surface area (Å²) in [5.74, 6) is 0.304. The largest absolute Gasteiger partial charge is 0.387 e. The van der Waals surface area contributed by atoms with Crippen molar-refractivity contribution in [3.63, 3.8) is 0 Å². The number of nitrogens with one attached hydrogen (secondary N) is 1. The fourth-order valence-electron chi connectivity index (χ4n) is 3.22. The Bertz CT molecular complexity index is 473. The molecule has 0 saturated heterocycles. The Morgan fingerprint density at radius 2 is 2.29 bits per heavy atom. The molecule has 0 spiro atoms. The number of carbonyl (C=O) groups excluding carboxylic acids is 1. The van der Waals surface area contributed by atoms with Crippen LogP contribution < -0.4 is 11.1 Å². The van der Waals surface area contributed by atoms with E-state index < -0.39 is 6.10 Å². The fourth-order valence-corrected chi connectivity index (χ4v) is 3.93. The quantitative estimate of drug-likeness (QED) is 0.799. The van der Waals surface area contributed by atoms with E-state index in [1.807, 2.05) is 16.8 Å². The summed E-state index contributed by atoms with van der Waals surface area (Å²) in [7, 11) is 0. The van der Waals surface area contributed by atoms with Gasteiger partial charge in [-0.05, 0) is 46.6 Å². The summed E-state index contributed by atoms with van der Waals surface area (Å²) in [5.41, 5.74) is 6.88. The second-order valence-corrected chi connectivity index (χ2v) is 7.50. The van der Waals surface area contributed by atoms with Gasteiger partial charge in [0.15, 0.2) is 0 Å². The third-order valence-electron chi connectivity index (χ3n) is 5.22. The summed E-state index contributed by atoms with van der Waals surface area (Å²) < 4.78 is 0. The van der Waals surface area contributed by atoms with Crippen LogP contribution in [0.15, 0.2) is 16.8 Å². The third kappa shape index (κ3) is 3.47. The zero-order valence-electron chi connectivity index (χ0n) is 13.0. The Hall–Kier alpha value is -0.910. The van der Waals surface area contributed by atoms with Crippen molar-refractivity contribution in [1.29, 1.82) is 0 Å². The molecule has 0 radical (unpaired) electrons. The summed E-state index contributed by atoms with van der Waals surface area (Å²) in [6.07, 6.45) is 1.07. The zero-order chi connectivity index (χ0) is 15.6. The molecule has 4 N–H and O–H groups in total. The molecule has 5 heteroatoms. The van der Waals surface area contributed by atoms with Gasteiger partial charge in [-0.2, -0.15) is 11.3 Å². The molecule has 4 unspecified atom stereocenters. The van der Waals surface area contributed by atoms with Crippen molar-refractivity contribution < 1.29 is 9.90 Å². The van der Waals surface area contributed by atoms with Crippen LogP contribution in [0.2, 0.25) is 0 Å². The number of hydrogen-bond acceptors (Lipinski definition) is 4. The van der Waals surface area contributed by atoms with E-state index in [2.05, 4.69) is 26.1 Å². The van der Waals surface area contributed by atoms with Crippen molar-refractivity contribution in [1.82, 2.24) is 5.32 Å². The number of thiophene rings is 1. The monoisotopic (exact) mass is 310 g/mol. The second-order valence-electron chi connectivity index (χ2n) is 6.72. The van der Waals surface area contributed by atoms with E-state index in [9.17, 15) is 9.90 Å². The average Bonchev–Trinajstić information content (AvgIpc) is 2.96. The van der Waals surface area contributed by atoms with Crippen LogP contribution in [0, 0.1) is 17.3 Å². The van der Waals surface area contributed by atoms with E-state index in [-0.39, 0.29) is 29.8 Å². The number of aliphatic hydroxyl groups excluding tert-OH is 1. The van der Waals surface area contributed by atoms with E-state index in [0.29, 0.717) is 5.92 Å². The Morgan fingerprint density at radius 1 is 1.57 bits per heavy atom. The van der Waals surface area contributed by atoms with Gasteiger partial charge in [0.05, 0.1) is 6.10 Å². The van der Waals surface area contributed by atoms with Gasteiger partial charge in [-0.3, -0.25) is 4.79 Å². The average molecular weight is 310 g/mol. The van der Waals surface area contributed by atoms with E-state index in [1.165, 1.54) is 0 Å². The summed E-state index contributed by atoms with van der Waals surface area (Å²) in [4.78, 5) is 12.5. The molecule has 1 heterocycles. The van der Waals surface area contributed by atoms with Crippen LogP contribution in [0.1, 0.15) is 45.3 Å². The number of rotatable bonds is 4. The fraction of sp³-hybridized carbons (Fsp3) is 0.688. The number of nitrogens with two attached hydrogens (primary N) is 1. The van der Waals surface area contributed by atoms with Gasteiger partial charge in [-0.25, -0.2) is 0 Å². The molecule has 0 bridgehead atoms. The maximum Gasteiger partial charge on any atom is 0.223 e. The van der Waals surface area contributed by atoms with Crippen molar-refractivity contribution in [2.45, 2.75) is 45.8 Å². The minimum absolute atomic E-state index is 0.0352. The Kier molecular flexibility index (Phi) is 5.07. The normalized spacial score (nSPS) is 29.9. The predicted octanol–water partition coefficient (Wildman–Crippen LogP) is 2.30. The molecule has 0 aliphatic heterocycles. The third-order valence-corrected chi connectivity index (χ3v) is 5.92. The molecule has 1 saturated carbocycles. The van der Waals surface area contributed by atoms with Gasteiger partial charge in [0.2, 0.25) is 5.91 Å². The van der Waals surface area contributed by atoms with Crippen LogP contribution >= 0.6 is 11.3 Å². The van der Waals surface area contributed by atoms with Gasteiger partial charge in [-0.15, -0.1) is 0 Å². The smallest absolute Gasteiger partial charge is 0.223 e. The summed E-state index contributed by atoms with van der Waals surface area (Å²) in [5, 5.41) is 16.8. The Morgan fingerprint density at radius 3 is 2.90 bits per heavy atom. The minimum Gasteiger partial charge on any atom is -0.387 e. The minimum atomic E-state index is -0.633. The highest BCUT2D eigenvalue weighted by atomic mass is 32.1. The molecular formula is C16H26N2O2S. The summed E-state index contributed by atoms with van der Waals surface area (Å²) in [6, 6.07) is 2.05. The van der Waals surface area contributed by atoms with Crippen LogP contribution in [-0.4, -0.2) is 23.6 Å². The van der Waals surface area contributed by atoms with Gasteiger partial charge in [0.1, 0.15) is 0 Å².